The van der Waals surface area contributed by atoms with Crippen LogP contribution >= 0.6 is 23.1 Å². The number of fused-ring (bicyclic) bond motifs is 1. The second kappa shape index (κ2) is 17.3. The Morgan fingerprint density at radius 2 is 1.74 bits per heavy atom. The molecule has 5 heterocycles. The van der Waals surface area contributed by atoms with E-state index in [0.29, 0.717) is 21.8 Å². The Labute approximate surface area is 347 Å². The van der Waals surface area contributed by atoms with Crippen molar-refractivity contribution >= 4 is 54.3 Å². The second-order valence-corrected chi connectivity index (χ2v) is 23.3. The van der Waals surface area contributed by atoms with Crippen molar-refractivity contribution in [1.82, 2.24) is 25.0 Å². The van der Waals surface area contributed by atoms with E-state index in [2.05, 4.69) is 56.2 Å². The Hall–Kier alpha value is -4.66. The van der Waals surface area contributed by atoms with E-state index in [1.807, 2.05) is 36.4 Å². The van der Waals surface area contributed by atoms with E-state index in [4.69, 9.17) is 35.0 Å². The van der Waals surface area contributed by atoms with Crippen molar-refractivity contribution < 1.29 is 38.0 Å². The molecule has 1 aromatic carbocycles. The van der Waals surface area contributed by atoms with Crippen LogP contribution in [0, 0.1) is 18.0 Å². The summed E-state index contributed by atoms with van der Waals surface area (Å²) in [5.41, 5.74) is 3.16. The zero-order valence-corrected chi connectivity index (χ0v) is 36.7. The molecule has 18 heteroatoms. The third kappa shape index (κ3) is 10.5. The lowest BCUT2D eigenvalue weighted by molar-refractivity contribution is -0.308. The molecule has 3 unspecified atom stereocenters. The number of amides is 2. The number of methoxy groups -OCH3 is 1. The Kier molecular flexibility index (Phi) is 12.8. The number of rotatable bonds is 7. The topological polar surface area (TPSA) is 154 Å². The molecule has 3 aromatic heterocycles. The lowest BCUT2D eigenvalue weighted by Crippen LogP contribution is -2.59. The lowest BCUT2D eigenvalue weighted by Gasteiger charge is -2.48. The van der Waals surface area contributed by atoms with Gasteiger partial charge in [0.1, 0.15) is 66.7 Å². The number of thiazole rings is 1. The summed E-state index contributed by atoms with van der Waals surface area (Å²) in [6, 6.07) is 10.9. The molecular formula is C40H47N7O8S2Si. The van der Waals surface area contributed by atoms with E-state index in [-0.39, 0.29) is 17.6 Å². The number of pyridine rings is 1. The van der Waals surface area contributed by atoms with Gasteiger partial charge in [0.15, 0.2) is 6.29 Å². The van der Waals surface area contributed by atoms with Crippen molar-refractivity contribution in [2.45, 2.75) is 113 Å². The summed E-state index contributed by atoms with van der Waals surface area (Å²) in [5.74, 6) is 3.45. The number of carbonyl (C=O) groups is 2. The minimum atomic E-state index is -1.68. The molecule has 0 radical (unpaired) electrons. The molecule has 0 saturated carbocycles. The Morgan fingerprint density at radius 3 is 2.36 bits per heavy atom. The van der Waals surface area contributed by atoms with Crippen LogP contribution in [0.3, 0.4) is 0 Å². The Morgan fingerprint density at radius 1 is 1.05 bits per heavy atom. The predicted molar refractivity (Wildman–Crippen MR) is 221 cm³/mol. The number of aromatic nitrogens is 5. The molecule has 2 saturated heterocycles. The molecule has 58 heavy (non-hydrogen) atoms. The van der Waals surface area contributed by atoms with Crippen LogP contribution in [0.15, 0.2) is 59.1 Å². The highest BCUT2D eigenvalue weighted by Crippen LogP contribution is 2.46. The summed E-state index contributed by atoms with van der Waals surface area (Å²) in [5, 5.41) is 10.7. The molecule has 2 aliphatic heterocycles. The first-order valence-corrected chi connectivity index (χ1v) is 23.8. The minimum Gasteiger partial charge on any atom is -0.443 e. The standard InChI is InChI=1S/C40H47N7O8S2Si/c1-39(2,3)54-37(48)47(38(49)55-40(4,5)6)36-43-27(23-56-36)26-21-46(45-44-26)30-31-28(22-51-34(53-31)25-15-13-12-14-16-25)52-35(32(30)50-8)57-29-19-24(17-18-58(9,10)11)20-42-33(29)41-7/h12-16,19-21,23,28,30-32,34-35H,22H2,1-6,8-11H3/t28?,30-,31-,32?,34?,35+/m0/s1. The van der Waals surface area contributed by atoms with E-state index in [1.54, 1.807) is 71.1 Å². The van der Waals surface area contributed by atoms with Gasteiger partial charge in [-0.1, -0.05) is 67.7 Å². The largest absolute Gasteiger partial charge is 0.443 e. The molecule has 6 rings (SSSR count). The van der Waals surface area contributed by atoms with Crippen LogP contribution in [0.4, 0.5) is 20.5 Å². The minimum absolute atomic E-state index is 0.0323. The first-order valence-electron chi connectivity index (χ1n) is 18.5. The highest BCUT2D eigenvalue weighted by atomic mass is 32.2. The molecule has 15 nitrogen and oxygen atoms in total. The van der Waals surface area contributed by atoms with Gasteiger partial charge in [0.05, 0.1) is 18.4 Å². The molecule has 306 valence electrons. The van der Waals surface area contributed by atoms with Gasteiger partial charge >= 0.3 is 12.2 Å². The van der Waals surface area contributed by atoms with Crippen molar-refractivity contribution in [3.8, 4) is 22.9 Å². The van der Waals surface area contributed by atoms with Crippen molar-refractivity contribution in [3.05, 3.63) is 76.7 Å². The molecule has 6 atom stereocenters. The highest BCUT2D eigenvalue weighted by Gasteiger charge is 2.52. The molecular weight excluding hydrogens is 799 g/mol. The van der Waals surface area contributed by atoms with Gasteiger partial charge < -0.3 is 33.3 Å². The lowest BCUT2D eigenvalue weighted by atomic mass is 9.95. The molecule has 0 bridgehead atoms. The van der Waals surface area contributed by atoms with Gasteiger partial charge in [-0.2, -0.15) is 4.90 Å². The van der Waals surface area contributed by atoms with Crippen LogP contribution in [0.5, 0.6) is 0 Å². The SMILES string of the molecule is [C-]#[N+]c1ncc(C#C[Si](C)(C)C)cc1S[C@H]1OC2COC(c3ccccc3)O[C@@H]2[C@H](n2cc(-c3csc(N(C(=O)OC(C)(C)C)C(=O)OC(C)(C)C)n3)nn2)C1OC. The van der Waals surface area contributed by atoms with Gasteiger partial charge in [-0.25, -0.2) is 19.3 Å². The average molecular weight is 846 g/mol. The van der Waals surface area contributed by atoms with Crippen LogP contribution in [0.1, 0.15) is 65.0 Å². The number of carbonyl (C=O) groups excluding carboxylic acids is 2. The number of imide groups is 1. The summed E-state index contributed by atoms with van der Waals surface area (Å²) in [6.07, 6.45) is -1.10. The number of benzene rings is 1. The molecule has 0 N–H and O–H groups in total. The van der Waals surface area contributed by atoms with Gasteiger partial charge in [0, 0.05) is 22.9 Å². The smallest absolute Gasteiger partial charge is 0.426 e. The average Bonchev–Trinajstić information content (AvgIpc) is 3.83. The van der Waals surface area contributed by atoms with Gasteiger partial charge in [-0.05, 0) is 47.6 Å². The van der Waals surface area contributed by atoms with Crippen molar-refractivity contribution in [2.75, 3.05) is 18.6 Å². The Bertz CT molecular complexity index is 2190. The summed E-state index contributed by atoms with van der Waals surface area (Å²) in [6.45, 7) is 24.7. The zero-order valence-electron chi connectivity index (χ0n) is 34.1. The molecule has 2 fully saturated rings. The number of nitrogens with zero attached hydrogens (tertiary/aromatic N) is 7. The van der Waals surface area contributed by atoms with E-state index in [0.717, 1.165) is 21.8 Å². The monoisotopic (exact) mass is 845 g/mol. The van der Waals surface area contributed by atoms with E-state index in [9.17, 15) is 9.59 Å². The number of hydrogen-bond donors (Lipinski definition) is 0. The predicted octanol–water partition coefficient (Wildman–Crippen LogP) is 8.44. The highest BCUT2D eigenvalue weighted by molar-refractivity contribution is 8.00. The van der Waals surface area contributed by atoms with Crippen molar-refractivity contribution in [3.63, 3.8) is 0 Å². The fourth-order valence-corrected chi connectivity index (χ4v) is 8.49. The molecule has 0 spiro atoms. The van der Waals surface area contributed by atoms with Crippen LogP contribution in [-0.4, -0.2) is 93.9 Å². The first kappa shape index (κ1) is 42.9. The quantitative estimate of drug-likeness (QED) is 0.0994. The fourth-order valence-electron chi connectivity index (χ4n) is 5.92. The van der Waals surface area contributed by atoms with Crippen LogP contribution < -0.4 is 4.90 Å². The van der Waals surface area contributed by atoms with Gasteiger partial charge in [-0.3, -0.25) is 0 Å². The number of hydrogen-bond acceptors (Lipinski definition) is 14. The van der Waals surface area contributed by atoms with E-state index >= 15 is 0 Å². The maximum atomic E-state index is 13.3. The first-order chi connectivity index (χ1) is 27.3. The number of anilines is 1. The number of ether oxygens (including phenoxy) is 6. The fraction of sp³-hybridized carbons (Fsp3) is 0.475. The number of thioether (sulfide) groups is 1. The normalized spacial score (nSPS) is 22.2. The summed E-state index contributed by atoms with van der Waals surface area (Å²) in [4.78, 5) is 40.7. The second-order valence-electron chi connectivity index (χ2n) is 16.6. The van der Waals surface area contributed by atoms with Gasteiger partial charge in [0.2, 0.25) is 5.13 Å². The third-order valence-electron chi connectivity index (χ3n) is 8.33. The molecule has 4 aromatic rings. The Balaban J connectivity index is 1.35. The van der Waals surface area contributed by atoms with Crippen LogP contribution in [-0.2, 0) is 28.4 Å². The van der Waals surface area contributed by atoms with Crippen LogP contribution in [0.2, 0.25) is 19.6 Å². The molecule has 2 aliphatic rings. The molecule has 0 aliphatic carbocycles. The maximum Gasteiger partial charge on any atom is 0.426 e. The summed E-state index contributed by atoms with van der Waals surface area (Å²) >= 11 is 2.36. The maximum absolute atomic E-state index is 13.3. The molecule has 2 amide bonds. The van der Waals surface area contributed by atoms with Gasteiger partial charge in [-0.15, -0.1) is 38.7 Å². The van der Waals surface area contributed by atoms with Gasteiger partial charge in [0.25, 0.3) is 5.82 Å². The van der Waals surface area contributed by atoms with E-state index < -0.39 is 67.5 Å². The van der Waals surface area contributed by atoms with Crippen LogP contribution in [0.25, 0.3) is 16.2 Å². The van der Waals surface area contributed by atoms with E-state index in [1.165, 1.54) is 11.8 Å². The summed E-state index contributed by atoms with van der Waals surface area (Å²) < 4.78 is 38.5. The third-order valence-corrected chi connectivity index (χ3v) is 11.2. The van der Waals surface area contributed by atoms with Crippen molar-refractivity contribution in [1.29, 1.82) is 0 Å². The summed E-state index contributed by atoms with van der Waals surface area (Å²) in [7, 11) is -0.0988. The van der Waals surface area contributed by atoms with Crippen molar-refractivity contribution in [2.24, 2.45) is 0 Å². The zero-order chi connectivity index (χ0) is 42.0.